The van der Waals surface area contributed by atoms with E-state index in [1.165, 1.54) is 398 Å². The monoisotopic (exact) mass is 1200 g/mol. The molecule has 0 aliphatic carbocycles. The number of hydrogen-bond acceptors (Lipinski definition) is 5. The fourth-order valence-electron chi connectivity index (χ4n) is 13.1. The number of carbonyl (C=O) groups excluding carboxylic acids is 2. The number of rotatable bonds is 76. The van der Waals surface area contributed by atoms with Gasteiger partial charge in [0.15, 0.2) is 0 Å². The number of carbonyl (C=O) groups is 2. The predicted octanol–water partition coefficient (Wildman–Crippen LogP) is 26.1. The van der Waals surface area contributed by atoms with Crippen molar-refractivity contribution in [1.29, 1.82) is 0 Å². The summed E-state index contributed by atoms with van der Waals surface area (Å²) in [6.07, 6.45) is 93.3. The maximum absolute atomic E-state index is 12.6. The lowest BCUT2D eigenvalue weighted by Crippen LogP contribution is -2.45. The van der Waals surface area contributed by atoms with Gasteiger partial charge in [-0.05, 0) is 25.7 Å². The van der Waals surface area contributed by atoms with Gasteiger partial charge in [0.05, 0.1) is 25.4 Å². The first-order valence-electron chi connectivity index (χ1n) is 39.8. The van der Waals surface area contributed by atoms with Gasteiger partial charge in [-0.1, -0.05) is 431 Å². The van der Waals surface area contributed by atoms with Gasteiger partial charge in [-0.15, -0.1) is 0 Å². The minimum atomic E-state index is -0.663. The quantitative estimate of drug-likeness (QED) is 0.0417. The summed E-state index contributed by atoms with van der Waals surface area (Å²) < 4.78 is 5.52. The largest absolute Gasteiger partial charge is 0.466 e. The molecule has 1 amide bonds. The summed E-state index contributed by atoms with van der Waals surface area (Å²) in [4.78, 5) is 24.7. The summed E-state index contributed by atoms with van der Waals surface area (Å²) in [6.45, 7) is 5.02. The van der Waals surface area contributed by atoms with Crippen molar-refractivity contribution in [3.8, 4) is 0 Å². The van der Waals surface area contributed by atoms with Crippen molar-refractivity contribution in [3.63, 3.8) is 0 Å². The van der Waals surface area contributed by atoms with Crippen LogP contribution in [0.15, 0.2) is 0 Å². The fourth-order valence-corrected chi connectivity index (χ4v) is 13.1. The van der Waals surface area contributed by atoms with Gasteiger partial charge in [-0.2, -0.15) is 0 Å². The van der Waals surface area contributed by atoms with Crippen molar-refractivity contribution in [1.82, 2.24) is 5.32 Å². The molecule has 0 heterocycles. The van der Waals surface area contributed by atoms with Gasteiger partial charge in [-0.3, -0.25) is 9.59 Å². The molecule has 0 aliphatic heterocycles. The van der Waals surface area contributed by atoms with E-state index in [2.05, 4.69) is 19.2 Å². The third-order valence-corrected chi connectivity index (χ3v) is 19.2. The van der Waals surface area contributed by atoms with E-state index in [4.69, 9.17) is 4.74 Å². The van der Waals surface area contributed by atoms with Crippen molar-refractivity contribution in [2.24, 2.45) is 0 Å². The zero-order chi connectivity index (χ0) is 61.3. The van der Waals surface area contributed by atoms with Crippen LogP contribution in [-0.4, -0.2) is 47.4 Å². The minimum Gasteiger partial charge on any atom is -0.466 e. The van der Waals surface area contributed by atoms with Crippen molar-refractivity contribution < 1.29 is 24.5 Å². The average Bonchev–Trinajstić information content (AvgIpc) is 3.51. The summed E-state index contributed by atoms with van der Waals surface area (Å²) in [6, 6.07) is -0.540. The molecular weight excluding hydrogens is 1040 g/mol. The second kappa shape index (κ2) is 75.3. The second-order valence-electron chi connectivity index (χ2n) is 27.8. The fraction of sp³-hybridized carbons (Fsp3) is 0.975. The van der Waals surface area contributed by atoms with Gasteiger partial charge in [0.1, 0.15) is 0 Å². The zero-order valence-electron chi connectivity index (χ0n) is 58.4. The Morgan fingerprint density at radius 1 is 0.282 bits per heavy atom. The maximum Gasteiger partial charge on any atom is 0.305 e. The van der Waals surface area contributed by atoms with Crippen LogP contribution in [0.2, 0.25) is 0 Å². The van der Waals surface area contributed by atoms with Crippen molar-refractivity contribution in [2.75, 3.05) is 13.2 Å². The van der Waals surface area contributed by atoms with E-state index in [9.17, 15) is 19.8 Å². The molecule has 85 heavy (non-hydrogen) atoms. The first-order chi connectivity index (χ1) is 42.0. The normalized spacial score (nSPS) is 12.4. The molecule has 0 spiro atoms. The van der Waals surface area contributed by atoms with E-state index in [1.807, 2.05) is 0 Å². The first-order valence-corrected chi connectivity index (χ1v) is 39.8. The highest BCUT2D eigenvalue weighted by molar-refractivity contribution is 5.76. The first kappa shape index (κ1) is 83.9. The maximum atomic E-state index is 12.6. The lowest BCUT2D eigenvalue weighted by atomic mass is 10.0. The van der Waals surface area contributed by atoms with Crippen molar-refractivity contribution in [3.05, 3.63) is 0 Å². The number of esters is 1. The Hall–Kier alpha value is -1.14. The molecule has 0 fully saturated rings. The van der Waals surface area contributed by atoms with Crippen LogP contribution >= 0.6 is 0 Å². The molecule has 0 saturated carbocycles. The molecule has 0 saturated heterocycles. The molecule has 2 atom stereocenters. The van der Waals surface area contributed by atoms with Crippen LogP contribution in [0.5, 0.6) is 0 Å². The number of nitrogens with one attached hydrogen (secondary N) is 1. The number of hydrogen-bond donors (Lipinski definition) is 3. The third kappa shape index (κ3) is 71.8. The van der Waals surface area contributed by atoms with Gasteiger partial charge in [-0.25, -0.2) is 0 Å². The van der Waals surface area contributed by atoms with Crippen LogP contribution in [0, 0.1) is 0 Å². The second-order valence-corrected chi connectivity index (χ2v) is 27.8. The summed E-state index contributed by atoms with van der Waals surface area (Å²) in [5.74, 6) is -0.00146. The Kier molecular flexibility index (Phi) is 74.3. The van der Waals surface area contributed by atoms with Crippen LogP contribution in [0.1, 0.15) is 470 Å². The SMILES string of the molecule is CCCCCCCCCCCCCCCCCCCCCCCCCC(O)C(CO)NC(=O)CCCCCCCCCCCCCCCCCCCCCCCCCCCCCOC(=O)CCCCCCCCCCCCCCCCCCCC. The van der Waals surface area contributed by atoms with Crippen molar-refractivity contribution >= 4 is 11.9 Å². The number of aliphatic hydroxyl groups is 2. The molecule has 6 heteroatoms. The Bertz CT molecular complexity index is 1240. The van der Waals surface area contributed by atoms with E-state index in [1.54, 1.807) is 0 Å². The number of ether oxygens (including phenoxy) is 1. The molecule has 508 valence electrons. The summed E-state index contributed by atoms with van der Waals surface area (Å²) in [7, 11) is 0. The summed E-state index contributed by atoms with van der Waals surface area (Å²) in [5, 5.41) is 23.5. The molecule has 6 nitrogen and oxygen atoms in total. The van der Waals surface area contributed by atoms with Gasteiger partial charge >= 0.3 is 5.97 Å². The molecule has 3 N–H and O–H groups in total. The highest BCUT2D eigenvalue weighted by atomic mass is 16.5. The molecule has 0 aromatic heterocycles. The van der Waals surface area contributed by atoms with Crippen molar-refractivity contribution in [2.45, 2.75) is 482 Å². The van der Waals surface area contributed by atoms with E-state index in [0.717, 1.165) is 38.5 Å². The lowest BCUT2D eigenvalue weighted by molar-refractivity contribution is -0.143. The molecule has 0 aromatic rings. The van der Waals surface area contributed by atoms with E-state index in [-0.39, 0.29) is 18.5 Å². The number of amides is 1. The molecular formula is C79H157NO5. The van der Waals surface area contributed by atoms with Gasteiger partial charge < -0.3 is 20.3 Å². The van der Waals surface area contributed by atoms with Crippen LogP contribution in [-0.2, 0) is 14.3 Å². The van der Waals surface area contributed by atoms with E-state index in [0.29, 0.717) is 25.9 Å². The van der Waals surface area contributed by atoms with Gasteiger partial charge in [0.25, 0.3) is 0 Å². The van der Waals surface area contributed by atoms with Gasteiger partial charge in [0, 0.05) is 12.8 Å². The molecule has 0 radical (unpaired) electrons. The Morgan fingerprint density at radius 3 is 0.718 bits per heavy atom. The predicted molar refractivity (Wildman–Crippen MR) is 375 cm³/mol. The standard InChI is InChI=1S/C79H157NO5/c1-3-5-7-9-11-13-15-17-19-21-23-24-30-33-36-39-43-47-51-55-59-63-67-71-77(82)76(75-81)80-78(83)72-68-64-60-56-52-48-44-40-37-34-31-28-26-25-27-29-32-35-38-42-46-50-54-58-62-66-70-74-85-79(84)73-69-65-61-57-53-49-45-41-22-20-18-16-14-12-10-8-6-4-2/h76-77,81-82H,3-75H2,1-2H3,(H,80,83). The Labute approximate surface area is 534 Å². The smallest absolute Gasteiger partial charge is 0.305 e. The number of aliphatic hydroxyl groups excluding tert-OH is 2. The third-order valence-electron chi connectivity index (χ3n) is 19.2. The molecule has 2 unspecified atom stereocenters. The van der Waals surface area contributed by atoms with E-state index < -0.39 is 12.1 Å². The lowest BCUT2D eigenvalue weighted by Gasteiger charge is -2.22. The van der Waals surface area contributed by atoms with Crippen LogP contribution in [0.4, 0.5) is 0 Å². The Morgan fingerprint density at radius 2 is 0.482 bits per heavy atom. The summed E-state index contributed by atoms with van der Waals surface area (Å²) in [5.41, 5.74) is 0. The van der Waals surface area contributed by atoms with Crippen LogP contribution < -0.4 is 5.32 Å². The highest BCUT2D eigenvalue weighted by Gasteiger charge is 2.20. The molecule has 0 bridgehead atoms. The summed E-state index contributed by atoms with van der Waals surface area (Å²) >= 11 is 0. The topological polar surface area (TPSA) is 95.9 Å². The Balaban J connectivity index is 3.33. The zero-order valence-corrected chi connectivity index (χ0v) is 58.4. The highest BCUT2D eigenvalue weighted by Crippen LogP contribution is 2.21. The molecule has 0 aliphatic rings. The average molecular weight is 1200 g/mol. The number of unbranched alkanes of at least 4 members (excludes halogenated alkanes) is 65. The van der Waals surface area contributed by atoms with Gasteiger partial charge in [0.2, 0.25) is 5.91 Å². The molecule has 0 rings (SSSR count). The van der Waals surface area contributed by atoms with E-state index >= 15 is 0 Å². The van der Waals surface area contributed by atoms with Crippen LogP contribution in [0.3, 0.4) is 0 Å². The minimum absolute atomic E-state index is 0.0243. The van der Waals surface area contributed by atoms with Crippen LogP contribution in [0.25, 0.3) is 0 Å². The molecule has 0 aromatic carbocycles.